The fourth-order valence-electron chi connectivity index (χ4n) is 2.53. The van der Waals surface area contributed by atoms with Crippen LogP contribution < -0.4 is 5.32 Å². The molecular weight excluding hydrogens is 250 g/mol. The van der Waals surface area contributed by atoms with Crippen molar-refractivity contribution in [1.29, 1.82) is 0 Å². The van der Waals surface area contributed by atoms with Crippen molar-refractivity contribution in [3.05, 3.63) is 35.9 Å². The molecule has 1 amide bonds. The Balaban J connectivity index is 1.71. The highest BCUT2D eigenvalue weighted by Crippen LogP contribution is 2.09. The minimum Gasteiger partial charge on any atom is -0.340 e. The second-order valence-electron chi connectivity index (χ2n) is 5.25. The number of piperazine rings is 1. The van der Waals surface area contributed by atoms with Crippen LogP contribution in [0.1, 0.15) is 18.9 Å². The summed E-state index contributed by atoms with van der Waals surface area (Å²) in [6, 6.07) is 10.5. The van der Waals surface area contributed by atoms with Crippen LogP contribution in [-0.2, 0) is 11.3 Å². The van der Waals surface area contributed by atoms with Crippen molar-refractivity contribution in [3.8, 4) is 0 Å². The summed E-state index contributed by atoms with van der Waals surface area (Å²) in [6.45, 7) is 8.43. The molecule has 0 spiro atoms. The minimum absolute atomic E-state index is 0.283. The van der Waals surface area contributed by atoms with E-state index in [1.807, 2.05) is 11.0 Å². The van der Waals surface area contributed by atoms with Crippen LogP contribution in [0.3, 0.4) is 0 Å². The highest BCUT2D eigenvalue weighted by Gasteiger charge is 2.20. The van der Waals surface area contributed by atoms with Crippen molar-refractivity contribution in [2.24, 2.45) is 0 Å². The topological polar surface area (TPSA) is 35.6 Å². The lowest BCUT2D eigenvalue weighted by Gasteiger charge is -2.34. The Labute approximate surface area is 121 Å². The summed E-state index contributed by atoms with van der Waals surface area (Å²) in [6.07, 6.45) is 0.618. The molecule has 0 unspecified atom stereocenters. The SMILES string of the molecule is CCNCCC(=O)N1CCN(Cc2ccccc2)CC1. The van der Waals surface area contributed by atoms with E-state index in [4.69, 9.17) is 0 Å². The summed E-state index contributed by atoms with van der Waals surface area (Å²) in [4.78, 5) is 16.4. The van der Waals surface area contributed by atoms with Crippen molar-refractivity contribution >= 4 is 5.91 Å². The fourth-order valence-corrected chi connectivity index (χ4v) is 2.53. The third kappa shape index (κ3) is 4.62. The van der Waals surface area contributed by atoms with E-state index in [2.05, 4.69) is 41.4 Å². The highest BCUT2D eigenvalue weighted by atomic mass is 16.2. The quantitative estimate of drug-likeness (QED) is 0.796. The molecule has 1 aliphatic rings. The van der Waals surface area contributed by atoms with Crippen LogP contribution in [0, 0.1) is 0 Å². The summed E-state index contributed by atoms with van der Waals surface area (Å²) in [5, 5.41) is 3.20. The number of carbonyl (C=O) groups excluding carboxylic acids is 1. The Hall–Kier alpha value is -1.39. The lowest BCUT2D eigenvalue weighted by molar-refractivity contribution is -0.132. The van der Waals surface area contributed by atoms with E-state index < -0.39 is 0 Å². The molecular formula is C16H25N3O. The number of hydrogen-bond donors (Lipinski definition) is 1. The molecule has 1 N–H and O–H groups in total. The van der Waals surface area contributed by atoms with E-state index >= 15 is 0 Å². The first kappa shape index (κ1) is 15.0. The monoisotopic (exact) mass is 275 g/mol. The Bertz CT molecular complexity index is 399. The molecule has 4 heteroatoms. The zero-order valence-corrected chi connectivity index (χ0v) is 12.3. The first-order chi connectivity index (χ1) is 9.79. The zero-order chi connectivity index (χ0) is 14.2. The average molecular weight is 275 g/mol. The van der Waals surface area contributed by atoms with Crippen LogP contribution in [0.5, 0.6) is 0 Å². The highest BCUT2D eigenvalue weighted by molar-refractivity contribution is 5.76. The molecule has 0 radical (unpaired) electrons. The van der Waals surface area contributed by atoms with Gasteiger partial charge in [0.05, 0.1) is 0 Å². The first-order valence-corrected chi connectivity index (χ1v) is 7.54. The zero-order valence-electron chi connectivity index (χ0n) is 12.3. The van der Waals surface area contributed by atoms with Gasteiger partial charge >= 0.3 is 0 Å². The number of benzene rings is 1. The molecule has 1 aromatic carbocycles. The maximum atomic E-state index is 12.0. The summed E-state index contributed by atoms with van der Waals surface area (Å²) in [5.41, 5.74) is 1.35. The lowest BCUT2D eigenvalue weighted by Crippen LogP contribution is -2.48. The van der Waals surface area contributed by atoms with Crippen molar-refractivity contribution in [1.82, 2.24) is 15.1 Å². The third-order valence-corrected chi connectivity index (χ3v) is 3.74. The van der Waals surface area contributed by atoms with Gasteiger partial charge in [0.15, 0.2) is 0 Å². The van der Waals surface area contributed by atoms with Crippen LogP contribution in [0.25, 0.3) is 0 Å². The fraction of sp³-hybridized carbons (Fsp3) is 0.562. The number of rotatable bonds is 6. The minimum atomic E-state index is 0.283. The molecule has 1 saturated heterocycles. The molecule has 1 aromatic rings. The third-order valence-electron chi connectivity index (χ3n) is 3.74. The average Bonchev–Trinajstić information content (AvgIpc) is 2.49. The summed E-state index contributed by atoms with van der Waals surface area (Å²) in [7, 11) is 0. The van der Waals surface area contributed by atoms with Gasteiger partial charge in [-0.15, -0.1) is 0 Å². The molecule has 1 aliphatic heterocycles. The molecule has 20 heavy (non-hydrogen) atoms. The molecule has 4 nitrogen and oxygen atoms in total. The largest absolute Gasteiger partial charge is 0.340 e. The molecule has 0 atom stereocenters. The van der Waals surface area contributed by atoms with E-state index in [0.29, 0.717) is 6.42 Å². The van der Waals surface area contributed by atoms with E-state index in [-0.39, 0.29) is 5.91 Å². The van der Waals surface area contributed by atoms with Gasteiger partial charge in [-0.3, -0.25) is 9.69 Å². The number of nitrogens with one attached hydrogen (secondary N) is 1. The van der Waals surface area contributed by atoms with Gasteiger partial charge in [0.25, 0.3) is 0 Å². The normalized spacial score (nSPS) is 16.4. The predicted molar refractivity (Wildman–Crippen MR) is 81.5 cm³/mol. The van der Waals surface area contributed by atoms with Gasteiger partial charge in [0.2, 0.25) is 5.91 Å². The van der Waals surface area contributed by atoms with Crippen LogP contribution in [0.4, 0.5) is 0 Å². The van der Waals surface area contributed by atoms with Gasteiger partial charge in [0, 0.05) is 45.7 Å². The summed E-state index contributed by atoms with van der Waals surface area (Å²) < 4.78 is 0. The number of carbonyl (C=O) groups is 1. The van der Waals surface area contributed by atoms with Crippen molar-refractivity contribution in [2.45, 2.75) is 19.9 Å². The first-order valence-electron chi connectivity index (χ1n) is 7.54. The van der Waals surface area contributed by atoms with Crippen molar-refractivity contribution < 1.29 is 4.79 Å². The Morgan fingerprint density at radius 3 is 2.50 bits per heavy atom. The van der Waals surface area contributed by atoms with E-state index in [1.54, 1.807) is 0 Å². The second-order valence-corrected chi connectivity index (χ2v) is 5.25. The van der Waals surface area contributed by atoms with E-state index in [1.165, 1.54) is 5.56 Å². The molecule has 1 heterocycles. The molecule has 0 aromatic heterocycles. The molecule has 0 saturated carbocycles. The molecule has 0 bridgehead atoms. The summed E-state index contributed by atoms with van der Waals surface area (Å²) in [5.74, 6) is 0.283. The maximum Gasteiger partial charge on any atom is 0.223 e. The van der Waals surface area contributed by atoms with Crippen molar-refractivity contribution in [3.63, 3.8) is 0 Å². The molecule has 0 aliphatic carbocycles. The molecule has 2 rings (SSSR count). The molecule has 110 valence electrons. The second kappa shape index (κ2) is 8.02. The predicted octanol–water partition coefficient (Wildman–Crippen LogP) is 1.33. The van der Waals surface area contributed by atoms with Gasteiger partial charge in [-0.05, 0) is 12.1 Å². The standard InChI is InChI=1S/C16H25N3O/c1-2-17-9-8-16(20)19-12-10-18(11-13-19)14-15-6-4-3-5-7-15/h3-7,17H,2,8-14H2,1H3. The van der Waals surface area contributed by atoms with Crippen LogP contribution in [0.2, 0.25) is 0 Å². The van der Waals surface area contributed by atoms with E-state index in [0.717, 1.165) is 45.8 Å². The van der Waals surface area contributed by atoms with Gasteiger partial charge in [-0.25, -0.2) is 0 Å². The number of amides is 1. The van der Waals surface area contributed by atoms with Crippen LogP contribution in [-0.4, -0.2) is 55.0 Å². The van der Waals surface area contributed by atoms with E-state index in [9.17, 15) is 4.79 Å². The van der Waals surface area contributed by atoms with Crippen LogP contribution >= 0.6 is 0 Å². The van der Waals surface area contributed by atoms with Gasteiger partial charge in [-0.1, -0.05) is 37.3 Å². The van der Waals surface area contributed by atoms with Gasteiger partial charge in [0.1, 0.15) is 0 Å². The summed E-state index contributed by atoms with van der Waals surface area (Å²) >= 11 is 0. The van der Waals surface area contributed by atoms with Crippen LogP contribution in [0.15, 0.2) is 30.3 Å². The van der Waals surface area contributed by atoms with Gasteiger partial charge < -0.3 is 10.2 Å². The maximum absolute atomic E-state index is 12.0. The van der Waals surface area contributed by atoms with Gasteiger partial charge in [-0.2, -0.15) is 0 Å². The Morgan fingerprint density at radius 1 is 1.15 bits per heavy atom. The lowest BCUT2D eigenvalue weighted by atomic mass is 10.2. The number of hydrogen-bond acceptors (Lipinski definition) is 3. The molecule has 1 fully saturated rings. The smallest absolute Gasteiger partial charge is 0.223 e. The Kier molecular flexibility index (Phi) is 6.02. The Morgan fingerprint density at radius 2 is 1.85 bits per heavy atom. The van der Waals surface area contributed by atoms with Crippen molar-refractivity contribution in [2.75, 3.05) is 39.3 Å². The number of nitrogens with zero attached hydrogens (tertiary/aromatic N) is 2.